The molecule has 3 aromatic rings. The molecule has 0 spiro atoms. The smallest absolute Gasteiger partial charge is 0.320 e. The number of nitrogens with zero attached hydrogens (tertiary/aromatic N) is 6. The summed E-state index contributed by atoms with van der Waals surface area (Å²) >= 11 is 0. The van der Waals surface area contributed by atoms with E-state index in [-0.39, 0.29) is 6.03 Å². The summed E-state index contributed by atoms with van der Waals surface area (Å²) in [7, 11) is 0. The normalized spacial score (nSPS) is 10.6. The average molecular weight is 326 g/mol. The summed E-state index contributed by atoms with van der Waals surface area (Å²) in [5, 5.41) is 13.8. The van der Waals surface area contributed by atoms with Crippen LogP contribution in [0.4, 0.5) is 10.6 Å². The molecule has 0 saturated carbocycles. The summed E-state index contributed by atoms with van der Waals surface area (Å²) in [5.41, 5.74) is 1.67. The minimum atomic E-state index is -0.326. The Bertz CT molecular complexity index is 804. The van der Waals surface area contributed by atoms with E-state index in [0.29, 0.717) is 24.9 Å². The third-order valence-corrected chi connectivity index (χ3v) is 3.23. The summed E-state index contributed by atoms with van der Waals surface area (Å²) in [6.45, 7) is 4.83. The van der Waals surface area contributed by atoms with Gasteiger partial charge in [-0.05, 0) is 26.0 Å². The minimum absolute atomic E-state index is 0.326. The molecule has 0 aromatic carbocycles. The Morgan fingerprint density at radius 2 is 1.96 bits per heavy atom. The van der Waals surface area contributed by atoms with Crippen molar-refractivity contribution in [1.82, 2.24) is 34.8 Å². The van der Waals surface area contributed by atoms with E-state index < -0.39 is 0 Å². The van der Waals surface area contributed by atoms with E-state index >= 15 is 0 Å². The number of rotatable bonds is 5. The molecule has 0 atom stereocenters. The molecule has 0 saturated heterocycles. The van der Waals surface area contributed by atoms with Crippen molar-refractivity contribution in [1.29, 1.82) is 0 Å². The standard InChI is InChI=1S/C15H18N8O/c1-11-10-12(2)20-14(19-11)23-13(4-6-18-23)21-15(24)16-7-9-22-8-3-5-17-22/h3-6,8,10H,7,9H2,1-2H3,(H2,16,21,24). The molecule has 9 heteroatoms. The third-order valence-electron chi connectivity index (χ3n) is 3.23. The summed E-state index contributed by atoms with van der Waals surface area (Å²) in [5.74, 6) is 0.918. The molecule has 3 heterocycles. The van der Waals surface area contributed by atoms with Gasteiger partial charge in [0.2, 0.25) is 0 Å². The van der Waals surface area contributed by atoms with Crippen LogP contribution in [0.2, 0.25) is 0 Å². The molecule has 0 aliphatic carbocycles. The number of aromatic nitrogens is 6. The first kappa shape index (κ1) is 15.7. The van der Waals surface area contributed by atoms with Gasteiger partial charge in [0.25, 0.3) is 5.95 Å². The zero-order valence-corrected chi connectivity index (χ0v) is 13.5. The van der Waals surface area contributed by atoms with Gasteiger partial charge in [0, 0.05) is 36.4 Å². The molecular formula is C15H18N8O. The predicted molar refractivity (Wildman–Crippen MR) is 87.9 cm³/mol. The highest BCUT2D eigenvalue weighted by molar-refractivity contribution is 5.88. The molecule has 3 rings (SSSR count). The molecule has 3 aromatic heterocycles. The first-order valence-corrected chi connectivity index (χ1v) is 7.51. The summed E-state index contributed by atoms with van der Waals surface area (Å²) in [6, 6.07) is 5.08. The summed E-state index contributed by atoms with van der Waals surface area (Å²) < 4.78 is 3.24. The van der Waals surface area contributed by atoms with Crippen molar-refractivity contribution in [3.05, 3.63) is 48.2 Å². The van der Waals surface area contributed by atoms with Crippen molar-refractivity contribution >= 4 is 11.8 Å². The number of hydrogen-bond acceptors (Lipinski definition) is 5. The van der Waals surface area contributed by atoms with Gasteiger partial charge < -0.3 is 5.32 Å². The van der Waals surface area contributed by atoms with Gasteiger partial charge in [0.05, 0.1) is 12.7 Å². The Morgan fingerprint density at radius 1 is 1.17 bits per heavy atom. The molecule has 2 amide bonds. The van der Waals surface area contributed by atoms with E-state index in [4.69, 9.17) is 0 Å². The van der Waals surface area contributed by atoms with Crippen LogP contribution in [0, 0.1) is 13.8 Å². The van der Waals surface area contributed by atoms with Gasteiger partial charge in [-0.2, -0.15) is 14.9 Å². The van der Waals surface area contributed by atoms with Gasteiger partial charge in [-0.3, -0.25) is 10.00 Å². The maximum Gasteiger partial charge on any atom is 0.320 e. The van der Waals surface area contributed by atoms with Crippen molar-refractivity contribution in [2.75, 3.05) is 11.9 Å². The van der Waals surface area contributed by atoms with Crippen LogP contribution < -0.4 is 10.6 Å². The maximum atomic E-state index is 12.0. The van der Waals surface area contributed by atoms with Crippen molar-refractivity contribution in [2.45, 2.75) is 20.4 Å². The summed E-state index contributed by atoms with van der Waals surface area (Å²) in [6.07, 6.45) is 5.12. The van der Waals surface area contributed by atoms with Crippen molar-refractivity contribution < 1.29 is 4.79 Å². The lowest BCUT2D eigenvalue weighted by molar-refractivity contribution is 0.251. The highest BCUT2D eigenvalue weighted by atomic mass is 16.2. The second-order valence-electron chi connectivity index (χ2n) is 5.23. The molecule has 0 radical (unpaired) electrons. The molecule has 24 heavy (non-hydrogen) atoms. The quantitative estimate of drug-likeness (QED) is 0.735. The number of nitrogens with one attached hydrogen (secondary N) is 2. The van der Waals surface area contributed by atoms with Crippen LogP contribution in [0.1, 0.15) is 11.4 Å². The number of anilines is 1. The molecule has 2 N–H and O–H groups in total. The molecule has 124 valence electrons. The lowest BCUT2D eigenvalue weighted by atomic mass is 10.4. The number of carbonyl (C=O) groups excluding carboxylic acids is 1. The van der Waals surface area contributed by atoms with E-state index in [0.717, 1.165) is 11.4 Å². The number of hydrogen-bond donors (Lipinski definition) is 2. The van der Waals surface area contributed by atoms with Crippen LogP contribution in [-0.4, -0.2) is 42.1 Å². The molecule has 0 unspecified atom stereocenters. The Labute approximate surface area is 138 Å². The molecule has 0 bridgehead atoms. The SMILES string of the molecule is Cc1cc(C)nc(-n2nccc2NC(=O)NCCn2cccn2)n1. The zero-order chi connectivity index (χ0) is 16.9. The fraction of sp³-hybridized carbons (Fsp3) is 0.267. The Hall–Kier alpha value is -3.23. The number of aryl methyl sites for hydroxylation is 2. The van der Waals surface area contributed by atoms with Gasteiger partial charge in [0.15, 0.2) is 0 Å². The Kier molecular flexibility index (Phi) is 4.50. The van der Waals surface area contributed by atoms with Crippen LogP contribution in [-0.2, 0) is 6.54 Å². The summed E-state index contributed by atoms with van der Waals surface area (Å²) in [4.78, 5) is 20.7. The van der Waals surface area contributed by atoms with Crippen LogP contribution in [0.3, 0.4) is 0 Å². The number of urea groups is 1. The van der Waals surface area contributed by atoms with Crippen LogP contribution in [0.5, 0.6) is 0 Å². The minimum Gasteiger partial charge on any atom is -0.336 e. The third kappa shape index (κ3) is 3.75. The zero-order valence-electron chi connectivity index (χ0n) is 13.5. The molecule has 0 aliphatic rings. The number of carbonyl (C=O) groups is 1. The van der Waals surface area contributed by atoms with Crippen molar-refractivity contribution in [3.63, 3.8) is 0 Å². The second kappa shape index (κ2) is 6.90. The Balaban J connectivity index is 1.63. The van der Waals surface area contributed by atoms with E-state index in [1.165, 1.54) is 4.68 Å². The van der Waals surface area contributed by atoms with E-state index in [9.17, 15) is 4.79 Å². The molecule has 0 aliphatic heterocycles. The Morgan fingerprint density at radius 3 is 2.67 bits per heavy atom. The molecule has 9 nitrogen and oxygen atoms in total. The van der Waals surface area contributed by atoms with Crippen molar-refractivity contribution in [3.8, 4) is 5.95 Å². The predicted octanol–water partition coefficient (Wildman–Crippen LogP) is 1.30. The second-order valence-corrected chi connectivity index (χ2v) is 5.23. The lowest BCUT2D eigenvalue weighted by Crippen LogP contribution is -2.32. The molecular weight excluding hydrogens is 308 g/mol. The first-order chi connectivity index (χ1) is 11.6. The van der Waals surface area contributed by atoms with Gasteiger partial charge in [-0.25, -0.2) is 14.8 Å². The highest BCUT2D eigenvalue weighted by Gasteiger charge is 2.11. The van der Waals surface area contributed by atoms with E-state index in [2.05, 4.69) is 30.8 Å². The first-order valence-electron chi connectivity index (χ1n) is 7.51. The van der Waals surface area contributed by atoms with Gasteiger partial charge >= 0.3 is 6.03 Å². The largest absolute Gasteiger partial charge is 0.336 e. The van der Waals surface area contributed by atoms with Crippen LogP contribution >= 0.6 is 0 Å². The van der Waals surface area contributed by atoms with E-state index in [1.807, 2.05) is 32.2 Å². The van der Waals surface area contributed by atoms with Gasteiger partial charge in [0.1, 0.15) is 5.82 Å². The highest BCUT2D eigenvalue weighted by Crippen LogP contribution is 2.12. The maximum absolute atomic E-state index is 12.0. The van der Waals surface area contributed by atoms with Gasteiger partial charge in [-0.15, -0.1) is 0 Å². The monoisotopic (exact) mass is 326 g/mol. The number of amides is 2. The van der Waals surface area contributed by atoms with Crippen molar-refractivity contribution in [2.24, 2.45) is 0 Å². The topological polar surface area (TPSA) is 103 Å². The van der Waals surface area contributed by atoms with Gasteiger partial charge in [-0.1, -0.05) is 0 Å². The lowest BCUT2D eigenvalue weighted by Gasteiger charge is -2.10. The average Bonchev–Trinajstić information content (AvgIpc) is 3.17. The van der Waals surface area contributed by atoms with E-state index in [1.54, 1.807) is 23.1 Å². The fourth-order valence-corrected chi connectivity index (χ4v) is 2.24. The fourth-order valence-electron chi connectivity index (χ4n) is 2.24. The molecule has 0 fully saturated rings. The van der Waals surface area contributed by atoms with Crippen LogP contribution in [0.25, 0.3) is 5.95 Å². The van der Waals surface area contributed by atoms with Crippen LogP contribution in [0.15, 0.2) is 36.8 Å².